The Kier molecular flexibility index (Phi) is 9.37. The van der Waals surface area contributed by atoms with Gasteiger partial charge in [0.1, 0.15) is 12.7 Å². The summed E-state index contributed by atoms with van der Waals surface area (Å²) in [5.74, 6) is -0.538. The fourth-order valence-electron chi connectivity index (χ4n) is 1.14. The Hall–Kier alpha value is -1.14. The summed E-state index contributed by atoms with van der Waals surface area (Å²) in [7, 11) is 0. The molecule has 0 aliphatic rings. The van der Waals surface area contributed by atoms with E-state index in [2.05, 4.69) is 11.5 Å². The molecule has 0 spiro atoms. The number of ether oxygens (including phenoxy) is 2. The van der Waals surface area contributed by atoms with Crippen molar-refractivity contribution in [2.75, 3.05) is 19.7 Å². The second-order valence-electron chi connectivity index (χ2n) is 3.90. The highest BCUT2D eigenvalue weighted by Crippen LogP contribution is 1.99. The lowest BCUT2D eigenvalue weighted by Crippen LogP contribution is -2.50. The highest BCUT2D eigenvalue weighted by Gasteiger charge is 2.11. The van der Waals surface area contributed by atoms with Gasteiger partial charge in [0.2, 0.25) is 0 Å². The van der Waals surface area contributed by atoms with Crippen molar-refractivity contribution in [1.82, 2.24) is 0 Å². The van der Waals surface area contributed by atoms with Crippen molar-refractivity contribution < 1.29 is 30.5 Å². The van der Waals surface area contributed by atoms with Crippen molar-refractivity contribution in [2.24, 2.45) is 0 Å². The number of esters is 2. The topological polar surface area (TPSA) is 108 Å². The van der Waals surface area contributed by atoms with Crippen LogP contribution in [0.4, 0.5) is 0 Å². The number of carbonyl (C=O) groups is 2. The summed E-state index contributed by atoms with van der Waals surface area (Å²) >= 11 is 0. The number of carbonyl (C=O) groups excluding carboxylic acids is 2. The van der Waals surface area contributed by atoms with Gasteiger partial charge in [-0.3, -0.25) is 9.59 Å². The molecule has 0 saturated heterocycles. The van der Waals surface area contributed by atoms with Crippen molar-refractivity contribution >= 4 is 11.9 Å². The molecule has 0 bridgehead atoms. The van der Waals surface area contributed by atoms with Crippen LogP contribution in [0.15, 0.2) is 0 Å². The van der Waals surface area contributed by atoms with E-state index in [9.17, 15) is 9.59 Å². The first kappa shape index (κ1) is 15.9. The minimum absolute atomic E-state index is 0.117. The van der Waals surface area contributed by atoms with E-state index in [1.165, 1.54) is 0 Å². The molecule has 17 heavy (non-hydrogen) atoms. The van der Waals surface area contributed by atoms with Crippen LogP contribution in [0, 0.1) is 0 Å². The van der Waals surface area contributed by atoms with Crippen molar-refractivity contribution in [1.29, 1.82) is 0 Å². The first-order valence-electron chi connectivity index (χ1n) is 6.03. The average Bonchev–Trinajstić information content (AvgIpc) is 2.31. The van der Waals surface area contributed by atoms with Gasteiger partial charge in [-0.25, -0.2) is 0 Å². The van der Waals surface area contributed by atoms with E-state index >= 15 is 0 Å². The van der Waals surface area contributed by atoms with Gasteiger partial charge in [0.05, 0.1) is 25.9 Å². The minimum Gasteiger partial charge on any atom is -0.462 e. The second kappa shape index (κ2) is 10.0. The van der Waals surface area contributed by atoms with E-state index in [0.29, 0.717) is 25.9 Å². The predicted molar refractivity (Wildman–Crippen MR) is 60.5 cm³/mol. The summed E-state index contributed by atoms with van der Waals surface area (Å²) in [6, 6.07) is 0. The number of quaternary nitrogens is 2. The SMILES string of the molecule is CC(COC(=O)CCC[NH3+])OC(=O)CCC[NH3+]. The van der Waals surface area contributed by atoms with Crippen LogP contribution >= 0.6 is 0 Å². The predicted octanol–water partition coefficient (Wildman–Crippen LogP) is -1.49. The maximum atomic E-state index is 11.2. The monoisotopic (exact) mass is 248 g/mol. The highest BCUT2D eigenvalue weighted by atomic mass is 16.6. The molecular formula is C11H24N2O4+2. The zero-order valence-corrected chi connectivity index (χ0v) is 10.6. The van der Waals surface area contributed by atoms with E-state index in [-0.39, 0.29) is 18.5 Å². The average molecular weight is 248 g/mol. The Morgan fingerprint density at radius 2 is 1.59 bits per heavy atom. The van der Waals surface area contributed by atoms with Crippen LogP contribution in [-0.2, 0) is 19.1 Å². The van der Waals surface area contributed by atoms with Gasteiger partial charge in [-0.15, -0.1) is 0 Å². The van der Waals surface area contributed by atoms with Crippen molar-refractivity contribution in [2.45, 2.75) is 38.7 Å². The third-order valence-corrected chi connectivity index (χ3v) is 2.07. The maximum absolute atomic E-state index is 11.2. The molecule has 1 atom stereocenters. The Morgan fingerprint density at radius 3 is 2.12 bits per heavy atom. The molecule has 0 aromatic carbocycles. The van der Waals surface area contributed by atoms with Crippen LogP contribution in [0.2, 0.25) is 0 Å². The van der Waals surface area contributed by atoms with E-state index in [1.54, 1.807) is 6.92 Å². The van der Waals surface area contributed by atoms with Gasteiger partial charge in [0, 0.05) is 12.8 Å². The quantitative estimate of drug-likeness (QED) is 0.484. The van der Waals surface area contributed by atoms with Crippen LogP contribution < -0.4 is 11.5 Å². The third kappa shape index (κ3) is 9.77. The molecule has 0 fully saturated rings. The lowest BCUT2D eigenvalue weighted by atomic mass is 10.3. The third-order valence-electron chi connectivity index (χ3n) is 2.07. The zero-order valence-electron chi connectivity index (χ0n) is 10.6. The first-order chi connectivity index (χ1) is 8.10. The Bertz CT molecular complexity index is 234. The van der Waals surface area contributed by atoms with Crippen LogP contribution in [0.3, 0.4) is 0 Å². The molecule has 0 amide bonds. The van der Waals surface area contributed by atoms with E-state index in [4.69, 9.17) is 9.47 Å². The molecule has 0 rings (SSSR count). The summed E-state index contributed by atoms with van der Waals surface area (Å²) in [6.45, 7) is 3.25. The summed E-state index contributed by atoms with van der Waals surface area (Å²) < 4.78 is 10.0. The van der Waals surface area contributed by atoms with Crippen LogP contribution in [0.1, 0.15) is 32.6 Å². The van der Waals surface area contributed by atoms with Crippen molar-refractivity contribution in [3.8, 4) is 0 Å². The molecule has 0 aliphatic heterocycles. The van der Waals surface area contributed by atoms with Crippen molar-refractivity contribution in [3.63, 3.8) is 0 Å². The Morgan fingerprint density at radius 1 is 1.06 bits per heavy atom. The molecule has 0 aromatic rings. The van der Waals surface area contributed by atoms with E-state index in [1.807, 2.05) is 0 Å². The maximum Gasteiger partial charge on any atom is 0.306 e. The molecule has 6 N–H and O–H groups in total. The molecule has 0 aliphatic carbocycles. The van der Waals surface area contributed by atoms with Crippen LogP contribution in [-0.4, -0.2) is 37.7 Å². The Labute approximate surface area is 102 Å². The van der Waals surface area contributed by atoms with Crippen LogP contribution in [0.5, 0.6) is 0 Å². The first-order valence-corrected chi connectivity index (χ1v) is 6.03. The summed E-state index contributed by atoms with van der Waals surface area (Å²) in [4.78, 5) is 22.4. The smallest absolute Gasteiger partial charge is 0.306 e. The van der Waals surface area contributed by atoms with Gasteiger partial charge in [0.15, 0.2) is 0 Å². The molecule has 0 saturated carbocycles. The molecule has 100 valence electrons. The van der Waals surface area contributed by atoms with Gasteiger partial charge < -0.3 is 20.9 Å². The minimum atomic E-state index is -0.393. The molecule has 0 heterocycles. The standard InChI is InChI=1S/C11H22N2O4/c1-9(17-11(15)5-3-7-13)8-16-10(14)4-2-6-12/h9H,2-8,12-13H2,1H3/p+2. The summed E-state index contributed by atoms with van der Waals surface area (Å²) in [5.41, 5.74) is 7.28. The number of hydrogen-bond donors (Lipinski definition) is 2. The normalized spacial score (nSPS) is 11.9. The molecule has 0 aromatic heterocycles. The molecule has 0 radical (unpaired) electrons. The van der Waals surface area contributed by atoms with Gasteiger partial charge in [0.25, 0.3) is 0 Å². The zero-order chi connectivity index (χ0) is 13.1. The molecule has 1 unspecified atom stereocenters. The van der Waals surface area contributed by atoms with Crippen molar-refractivity contribution in [3.05, 3.63) is 0 Å². The largest absolute Gasteiger partial charge is 0.462 e. The van der Waals surface area contributed by atoms with Gasteiger partial charge in [-0.1, -0.05) is 0 Å². The molecule has 6 nitrogen and oxygen atoms in total. The second-order valence-corrected chi connectivity index (χ2v) is 3.90. The summed E-state index contributed by atoms with van der Waals surface area (Å²) in [6.07, 6.45) is 1.77. The van der Waals surface area contributed by atoms with Gasteiger partial charge >= 0.3 is 11.9 Å². The van der Waals surface area contributed by atoms with E-state index in [0.717, 1.165) is 12.8 Å². The Balaban J connectivity index is 3.60. The van der Waals surface area contributed by atoms with Crippen LogP contribution in [0.25, 0.3) is 0 Å². The lowest BCUT2D eigenvalue weighted by molar-refractivity contribution is -0.368. The number of rotatable bonds is 9. The van der Waals surface area contributed by atoms with Gasteiger partial charge in [-0.05, 0) is 6.92 Å². The lowest BCUT2D eigenvalue weighted by Gasteiger charge is -2.13. The fourth-order valence-corrected chi connectivity index (χ4v) is 1.14. The molecular weight excluding hydrogens is 224 g/mol. The fraction of sp³-hybridized carbons (Fsp3) is 0.818. The number of hydrogen-bond acceptors (Lipinski definition) is 4. The van der Waals surface area contributed by atoms with Gasteiger partial charge in [-0.2, -0.15) is 0 Å². The summed E-state index contributed by atoms with van der Waals surface area (Å²) in [5, 5.41) is 0. The molecule has 6 heteroatoms. The highest BCUT2D eigenvalue weighted by molar-refractivity contribution is 5.70. The van der Waals surface area contributed by atoms with E-state index < -0.39 is 6.10 Å².